The summed E-state index contributed by atoms with van der Waals surface area (Å²) in [5.74, 6) is 0.524. The van der Waals surface area contributed by atoms with Crippen LogP contribution >= 0.6 is 11.8 Å². The van der Waals surface area contributed by atoms with Crippen molar-refractivity contribution in [2.24, 2.45) is 5.73 Å². The number of nitrogen functional groups attached to an aromatic ring is 1. The van der Waals surface area contributed by atoms with Crippen molar-refractivity contribution in [2.75, 3.05) is 19.5 Å². The van der Waals surface area contributed by atoms with Crippen LogP contribution in [0.1, 0.15) is 5.56 Å². The molecule has 0 bridgehead atoms. The summed E-state index contributed by atoms with van der Waals surface area (Å²) in [7, 11) is 0. The Bertz CT molecular complexity index is 355. The summed E-state index contributed by atoms with van der Waals surface area (Å²) in [6, 6.07) is 5.46. The van der Waals surface area contributed by atoms with E-state index in [2.05, 4.69) is 0 Å². The Morgan fingerprint density at radius 3 is 2.87 bits per heavy atom. The molecule has 0 aliphatic heterocycles. The molecule has 0 unspecified atom stereocenters. The summed E-state index contributed by atoms with van der Waals surface area (Å²) in [4.78, 5) is 0.901. The first-order valence-electron chi connectivity index (χ1n) is 4.45. The number of aliphatic hydroxyl groups excluding tert-OH is 1. The monoisotopic (exact) mass is 226 g/mol. The highest BCUT2D eigenvalue weighted by molar-refractivity contribution is 7.98. The van der Waals surface area contributed by atoms with Crippen LogP contribution < -0.4 is 10.5 Å². The number of hydrogen-bond donors (Lipinski definition) is 3. The average Bonchev–Trinajstić information content (AvgIpc) is 2.25. The zero-order chi connectivity index (χ0) is 11.3. The SMILES string of the molecule is CSc1cccc(OCCO)c1C(=N)N. The number of rotatable bonds is 5. The minimum atomic E-state index is -0.0547. The molecule has 4 N–H and O–H groups in total. The van der Waals surface area contributed by atoms with Crippen molar-refractivity contribution < 1.29 is 9.84 Å². The van der Waals surface area contributed by atoms with Crippen LogP contribution in [-0.2, 0) is 0 Å². The van der Waals surface area contributed by atoms with Gasteiger partial charge in [0.25, 0.3) is 0 Å². The van der Waals surface area contributed by atoms with Gasteiger partial charge in [0.05, 0.1) is 12.2 Å². The fourth-order valence-electron chi connectivity index (χ4n) is 1.22. The summed E-state index contributed by atoms with van der Waals surface area (Å²) < 4.78 is 5.31. The van der Waals surface area contributed by atoms with Crippen molar-refractivity contribution in [1.82, 2.24) is 0 Å². The van der Waals surface area contributed by atoms with E-state index in [0.29, 0.717) is 11.3 Å². The van der Waals surface area contributed by atoms with E-state index in [1.807, 2.05) is 18.4 Å². The Kier molecular flexibility index (Phi) is 4.45. The molecule has 0 saturated carbocycles. The Morgan fingerprint density at radius 1 is 1.60 bits per heavy atom. The van der Waals surface area contributed by atoms with E-state index >= 15 is 0 Å². The van der Waals surface area contributed by atoms with Gasteiger partial charge in [0.15, 0.2) is 0 Å². The molecule has 0 saturated heterocycles. The van der Waals surface area contributed by atoms with Gasteiger partial charge in [0, 0.05) is 4.90 Å². The van der Waals surface area contributed by atoms with Crippen molar-refractivity contribution in [1.29, 1.82) is 5.41 Å². The van der Waals surface area contributed by atoms with Crippen molar-refractivity contribution in [2.45, 2.75) is 4.90 Å². The fraction of sp³-hybridized carbons (Fsp3) is 0.300. The highest BCUT2D eigenvalue weighted by atomic mass is 32.2. The summed E-state index contributed by atoms with van der Waals surface area (Å²) in [5.41, 5.74) is 6.09. The van der Waals surface area contributed by atoms with Crippen molar-refractivity contribution in [3.8, 4) is 5.75 Å². The molecule has 0 aliphatic rings. The number of hydrogen-bond acceptors (Lipinski definition) is 4. The molecule has 0 radical (unpaired) electrons. The molecule has 0 heterocycles. The van der Waals surface area contributed by atoms with Gasteiger partial charge in [-0.1, -0.05) is 6.07 Å². The van der Waals surface area contributed by atoms with Crippen LogP contribution in [0.3, 0.4) is 0 Å². The third-order valence-corrected chi connectivity index (χ3v) is 2.61. The average molecular weight is 226 g/mol. The molecular formula is C10H14N2O2S. The molecule has 1 aromatic rings. The first-order valence-corrected chi connectivity index (χ1v) is 5.68. The van der Waals surface area contributed by atoms with Gasteiger partial charge in [-0.2, -0.15) is 0 Å². The normalized spacial score (nSPS) is 10.0. The maximum absolute atomic E-state index is 8.67. The van der Waals surface area contributed by atoms with Crippen LogP contribution in [0.5, 0.6) is 5.75 Å². The molecule has 0 aromatic heterocycles. The largest absolute Gasteiger partial charge is 0.490 e. The van der Waals surface area contributed by atoms with E-state index in [0.717, 1.165) is 4.90 Å². The molecule has 0 aliphatic carbocycles. The standard InChI is InChI=1S/C10H14N2O2S/c1-15-8-4-2-3-7(14-6-5-13)9(8)10(11)12/h2-4,13H,5-6H2,1H3,(H3,11,12). The highest BCUT2D eigenvalue weighted by Gasteiger charge is 2.11. The van der Waals surface area contributed by atoms with Crippen molar-refractivity contribution in [3.05, 3.63) is 23.8 Å². The molecular weight excluding hydrogens is 212 g/mol. The number of aliphatic hydroxyl groups is 1. The summed E-state index contributed by atoms with van der Waals surface area (Å²) >= 11 is 1.51. The molecule has 1 aromatic carbocycles. The molecule has 0 amide bonds. The van der Waals surface area contributed by atoms with E-state index in [-0.39, 0.29) is 19.0 Å². The molecule has 4 nitrogen and oxygen atoms in total. The Hall–Kier alpha value is -1.20. The number of nitrogens with two attached hydrogens (primary N) is 1. The maximum Gasteiger partial charge on any atom is 0.131 e. The van der Waals surface area contributed by atoms with Gasteiger partial charge in [-0.15, -0.1) is 11.8 Å². The van der Waals surface area contributed by atoms with Crippen LogP contribution in [0.4, 0.5) is 0 Å². The van der Waals surface area contributed by atoms with Gasteiger partial charge >= 0.3 is 0 Å². The number of amidine groups is 1. The minimum Gasteiger partial charge on any atom is -0.490 e. The summed E-state index contributed by atoms with van der Waals surface area (Å²) in [6.45, 7) is 0.152. The first-order chi connectivity index (χ1) is 7.20. The van der Waals surface area contributed by atoms with E-state index < -0.39 is 0 Å². The zero-order valence-electron chi connectivity index (χ0n) is 8.49. The van der Waals surface area contributed by atoms with E-state index in [1.165, 1.54) is 11.8 Å². The summed E-state index contributed by atoms with van der Waals surface area (Å²) in [5, 5.41) is 16.1. The Labute approximate surface area is 92.9 Å². The quantitative estimate of drug-likeness (QED) is 0.398. The second-order valence-electron chi connectivity index (χ2n) is 2.82. The molecule has 0 spiro atoms. The van der Waals surface area contributed by atoms with Gasteiger partial charge in [-0.3, -0.25) is 5.41 Å². The van der Waals surface area contributed by atoms with Crippen LogP contribution in [0, 0.1) is 5.41 Å². The second-order valence-corrected chi connectivity index (χ2v) is 3.67. The third-order valence-electron chi connectivity index (χ3n) is 1.83. The van der Waals surface area contributed by atoms with Gasteiger partial charge < -0.3 is 15.6 Å². The molecule has 0 atom stereocenters. The lowest BCUT2D eigenvalue weighted by atomic mass is 10.2. The molecule has 0 fully saturated rings. The Balaban J connectivity index is 3.07. The molecule has 1 rings (SSSR count). The number of thioether (sulfide) groups is 1. The molecule has 5 heteroatoms. The lowest BCUT2D eigenvalue weighted by molar-refractivity contribution is 0.201. The predicted molar refractivity (Wildman–Crippen MR) is 61.8 cm³/mol. The maximum atomic E-state index is 8.67. The highest BCUT2D eigenvalue weighted by Crippen LogP contribution is 2.28. The van der Waals surface area contributed by atoms with E-state index in [1.54, 1.807) is 6.07 Å². The van der Waals surface area contributed by atoms with Crippen LogP contribution in [0.15, 0.2) is 23.1 Å². The number of nitrogens with one attached hydrogen (secondary N) is 1. The van der Waals surface area contributed by atoms with E-state index in [9.17, 15) is 0 Å². The van der Waals surface area contributed by atoms with Crippen molar-refractivity contribution in [3.63, 3.8) is 0 Å². The molecule has 82 valence electrons. The van der Waals surface area contributed by atoms with Gasteiger partial charge in [-0.05, 0) is 18.4 Å². The van der Waals surface area contributed by atoms with Gasteiger partial charge in [0.1, 0.15) is 18.2 Å². The Morgan fingerprint density at radius 2 is 2.33 bits per heavy atom. The smallest absolute Gasteiger partial charge is 0.131 e. The summed E-state index contributed by atoms with van der Waals surface area (Å²) in [6.07, 6.45) is 1.91. The first kappa shape index (κ1) is 11.9. The van der Waals surface area contributed by atoms with Crippen LogP contribution in [-0.4, -0.2) is 30.4 Å². The lowest BCUT2D eigenvalue weighted by Crippen LogP contribution is -2.15. The fourth-order valence-corrected chi connectivity index (χ4v) is 1.85. The number of ether oxygens (including phenoxy) is 1. The number of benzene rings is 1. The lowest BCUT2D eigenvalue weighted by Gasteiger charge is -2.12. The topological polar surface area (TPSA) is 79.3 Å². The van der Waals surface area contributed by atoms with Crippen LogP contribution in [0.2, 0.25) is 0 Å². The second kappa shape index (κ2) is 5.63. The van der Waals surface area contributed by atoms with E-state index in [4.69, 9.17) is 21.0 Å². The van der Waals surface area contributed by atoms with Crippen LogP contribution in [0.25, 0.3) is 0 Å². The third kappa shape index (κ3) is 2.87. The predicted octanol–water partition coefficient (Wildman–Crippen LogP) is 1.06. The molecule has 15 heavy (non-hydrogen) atoms. The van der Waals surface area contributed by atoms with Crippen molar-refractivity contribution >= 4 is 17.6 Å². The minimum absolute atomic E-state index is 0.0205. The zero-order valence-corrected chi connectivity index (χ0v) is 9.30. The van der Waals surface area contributed by atoms with Gasteiger partial charge in [-0.25, -0.2) is 0 Å². The van der Waals surface area contributed by atoms with Gasteiger partial charge in [0.2, 0.25) is 0 Å².